The summed E-state index contributed by atoms with van der Waals surface area (Å²) in [5.74, 6) is 2.41. The number of hydrogen-bond donors (Lipinski definition) is 2. The fourth-order valence-electron chi connectivity index (χ4n) is 0.854. The molecule has 0 radical (unpaired) electrons. The lowest BCUT2D eigenvalue weighted by Gasteiger charge is -2.37. The summed E-state index contributed by atoms with van der Waals surface area (Å²) in [7, 11) is 0. The molecular formula is C7H14S4. The van der Waals surface area contributed by atoms with E-state index in [1.165, 1.54) is 11.5 Å². The fourth-order valence-corrected chi connectivity index (χ4v) is 4.40. The Kier molecular flexibility index (Phi) is 3.88. The van der Waals surface area contributed by atoms with Crippen LogP contribution in [0, 0.1) is 0 Å². The number of rotatable bonds is 1. The maximum Gasteiger partial charge on any atom is 0.0594 e. The number of hydrogen-bond acceptors (Lipinski definition) is 4. The highest BCUT2D eigenvalue weighted by atomic mass is 32.2. The van der Waals surface area contributed by atoms with Crippen LogP contribution in [0.15, 0.2) is 0 Å². The topological polar surface area (TPSA) is 0 Å². The second-order valence-electron chi connectivity index (χ2n) is 3.12. The molecule has 1 aliphatic heterocycles. The van der Waals surface area contributed by atoms with Crippen molar-refractivity contribution in [3.63, 3.8) is 0 Å². The Labute approximate surface area is 88.5 Å². The van der Waals surface area contributed by atoms with Gasteiger partial charge in [0.25, 0.3) is 0 Å². The standard InChI is InChI=1S/C7H14S4/c1-5-3-11-7(2,4-10-5)6(8)9/h5-6,8-9H,3-4H2,1-2H3. The minimum atomic E-state index is 0.201. The van der Waals surface area contributed by atoms with Crippen LogP contribution in [0.4, 0.5) is 0 Å². The molecule has 66 valence electrons. The van der Waals surface area contributed by atoms with E-state index in [2.05, 4.69) is 39.1 Å². The quantitative estimate of drug-likeness (QED) is 0.521. The van der Waals surface area contributed by atoms with Gasteiger partial charge in [-0.05, 0) is 6.92 Å². The zero-order chi connectivity index (χ0) is 8.48. The van der Waals surface area contributed by atoms with E-state index in [0.29, 0.717) is 0 Å². The predicted octanol–water partition coefficient (Wildman–Crippen LogP) is 2.80. The summed E-state index contributed by atoms with van der Waals surface area (Å²) in [6.45, 7) is 4.53. The van der Waals surface area contributed by atoms with Crippen molar-refractivity contribution in [2.75, 3.05) is 11.5 Å². The molecule has 1 rings (SSSR count). The van der Waals surface area contributed by atoms with Gasteiger partial charge >= 0.3 is 0 Å². The van der Waals surface area contributed by atoms with Gasteiger partial charge in [0, 0.05) is 21.5 Å². The molecule has 0 aromatic rings. The van der Waals surface area contributed by atoms with Crippen molar-refractivity contribution < 1.29 is 0 Å². The first-order valence-electron chi connectivity index (χ1n) is 3.66. The molecule has 2 atom stereocenters. The van der Waals surface area contributed by atoms with Crippen LogP contribution in [-0.4, -0.2) is 26.1 Å². The smallest absolute Gasteiger partial charge is 0.0594 e. The Bertz CT molecular complexity index is 126. The van der Waals surface area contributed by atoms with Crippen LogP contribution in [0.1, 0.15) is 13.8 Å². The van der Waals surface area contributed by atoms with Gasteiger partial charge in [-0.1, -0.05) is 6.92 Å². The summed E-state index contributed by atoms with van der Waals surface area (Å²) < 4.78 is 0.469. The maximum atomic E-state index is 4.39. The summed E-state index contributed by atoms with van der Waals surface area (Å²) >= 11 is 12.8. The van der Waals surface area contributed by atoms with Gasteiger partial charge in [-0.3, -0.25) is 0 Å². The van der Waals surface area contributed by atoms with Crippen molar-refractivity contribution in [1.82, 2.24) is 0 Å². The van der Waals surface area contributed by atoms with Crippen molar-refractivity contribution in [3.05, 3.63) is 0 Å². The molecule has 0 aliphatic carbocycles. The van der Waals surface area contributed by atoms with Crippen molar-refractivity contribution in [2.45, 2.75) is 28.4 Å². The van der Waals surface area contributed by atoms with Gasteiger partial charge in [-0.15, -0.1) is 0 Å². The van der Waals surface area contributed by atoms with E-state index in [-0.39, 0.29) is 9.33 Å². The average Bonchev–Trinajstić information content (AvgIpc) is 1.95. The first kappa shape index (κ1) is 10.5. The Hall–Kier alpha value is 1.40. The summed E-state index contributed by atoms with van der Waals surface area (Å²) in [5.41, 5.74) is 0. The summed E-state index contributed by atoms with van der Waals surface area (Å²) in [6, 6.07) is 0. The van der Waals surface area contributed by atoms with Crippen molar-refractivity contribution in [2.24, 2.45) is 0 Å². The first-order valence-corrected chi connectivity index (χ1v) is 6.73. The average molecular weight is 226 g/mol. The van der Waals surface area contributed by atoms with Gasteiger partial charge in [0.1, 0.15) is 0 Å². The van der Waals surface area contributed by atoms with E-state index in [1.54, 1.807) is 0 Å². The van der Waals surface area contributed by atoms with Gasteiger partial charge in [-0.2, -0.15) is 48.8 Å². The van der Waals surface area contributed by atoms with Gasteiger partial charge in [0.05, 0.1) is 4.58 Å². The fraction of sp³-hybridized carbons (Fsp3) is 1.00. The Morgan fingerprint density at radius 2 is 2.18 bits per heavy atom. The molecule has 0 aromatic carbocycles. The Balaban J connectivity index is 2.48. The molecule has 0 N–H and O–H groups in total. The van der Waals surface area contributed by atoms with Gasteiger partial charge in [0.2, 0.25) is 0 Å². The van der Waals surface area contributed by atoms with E-state index in [9.17, 15) is 0 Å². The molecule has 1 aliphatic rings. The lowest BCUT2D eigenvalue weighted by molar-refractivity contribution is 0.791. The van der Waals surface area contributed by atoms with E-state index in [0.717, 1.165) is 5.25 Å². The summed E-state index contributed by atoms with van der Waals surface area (Å²) in [5, 5.41) is 0.800. The Morgan fingerprint density at radius 3 is 2.55 bits per heavy atom. The van der Waals surface area contributed by atoms with Crippen molar-refractivity contribution in [1.29, 1.82) is 0 Å². The predicted molar refractivity (Wildman–Crippen MR) is 64.5 cm³/mol. The van der Waals surface area contributed by atoms with E-state index < -0.39 is 0 Å². The van der Waals surface area contributed by atoms with Gasteiger partial charge in [0.15, 0.2) is 0 Å². The minimum Gasteiger partial charge on any atom is -0.164 e. The zero-order valence-corrected chi connectivity index (χ0v) is 10.2. The van der Waals surface area contributed by atoms with Crippen LogP contribution >= 0.6 is 48.8 Å². The lowest BCUT2D eigenvalue weighted by atomic mass is 10.2. The molecule has 0 nitrogen and oxygen atoms in total. The molecule has 1 heterocycles. The van der Waals surface area contributed by atoms with Crippen LogP contribution < -0.4 is 0 Å². The monoisotopic (exact) mass is 226 g/mol. The van der Waals surface area contributed by atoms with Crippen LogP contribution in [0.2, 0.25) is 0 Å². The highest BCUT2D eigenvalue weighted by Gasteiger charge is 2.34. The molecule has 0 amide bonds. The molecule has 0 bridgehead atoms. The SMILES string of the molecule is CC1CSC(C)(C(S)S)CS1. The third-order valence-corrected chi connectivity index (χ3v) is 6.94. The minimum absolute atomic E-state index is 0.201. The molecule has 0 spiro atoms. The summed E-state index contributed by atoms with van der Waals surface area (Å²) in [6.07, 6.45) is 0. The number of thioether (sulfide) groups is 2. The third-order valence-electron chi connectivity index (χ3n) is 1.85. The van der Waals surface area contributed by atoms with E-state index >= 15 is 0 Å². The molecule has 4 heteroatoms. The largest absolute Gasteiger partial charge is 0.164 e. The molecule has 0 saturated carbocycles. The third kappa shape index (κ3) is 2.68. The molecule has 2 unspecified atom stereocenters. The van der Waals surface area contributed by atoms with Gasteiger partial charge in [-0.25, -0.2) is 0 Å². The first-order chi connectivity index (χ1) is 5.04. The molecular weight excluding hydrogens is 212 g/mol. The molecule has 11 heavy (non-hydrogen) atoms. The zero-order valence-electron chi connectivity index (χ0n) is 6.78. The van der Waals surface area contributed by atoms with Crippen LogP contribution in [-0.2, 0) is 0 Å². The Morgan fingerprint density at radius 1 is 1.55 bits per heavy atom. The van der Waals surface area contributed by atoms with E-state index in [4.69, 9.17) is 0 Å². The molecule has 0 aromatic heterocycles. The molecule has 1 saturated heterocycles. The highest BCUT2D eigenvalue weighted by Crippen LogP contribution is 2.42. The normalized spacial score (nSPS) is 39.5. The second-order valence-corrected chi connectivity index (χ2v) is 7.54. The van der Waals surface area contributed by atoms with Crippen LogP contribution in [0.3, 0.4) is 0 Å². The van der Waals surface area contributed by atoms with Crippen molar-refractivity contribution in [3.8, 4) is 0 Å². The second kappa shape index (κ2) is 4.07. The van der Waals surface area contributed by atoms with Crippen LogP contribution in [0.25, 0.3) is 0 Å². The van der Waals surface area contributed by atoms with Crippen LogP contribution in [0.5, 0.6) is 0 Å². The van der Waals surface area contributed by atoms with E-state index in [1.807, 2.05) is 23.5 Å². The van der Waals surface area contributed by atoms with Crippen molar-refractivity contribution >= 4 is 48.8 Å². The van der Waals surface area contributed by atoms with Gasteiger partial charge < -0.3 is 0 Å². The number of thiol groups is 2. The molecule has 1 fully saturated rings. The maximum absolute atomic E-state index is 4.39. The summed E-state index contributed by atoms with van der Waals surface area (Å²) in [4.78, 5) is 0. The lowest BCUT2D eigenvalue weighted by Crippen LogP contribution is -2.37. The highest BCUT2D eigenvalue weighted by molar-refractivity contribution is 8.09.